The number of phenols is 1. The molecule has 2 aliphatic heterocycles. The normalized spacial score (nSPS) is 28.3. The summed E-state index contributed by atoms with van der Waals surface area (Å²) >= 11 is 0. The molecule has 182 valence electrons. The third-order valence-electron chi connectivity index (χ3n) is 5.97. The first-order chi connectivity index (χ1) is 16.3. The fourth-order valence-corrected chi connectivity index (χ4v) is 4.03. The topological polar surface area (TPSA) is 155 Å². The van der Waals surface area contributed by atoms with Crippen LogP contribution in [0.25, 0.3) is 0 Å². The highest BCUT2D eigenvalue weighted by Crippen LogP contribution is 2.34. The lowest BCUT2D eigenvalue weighted by molar-refractivity contribution is -0.301. The summed E-state index contributed by atoms with van der Waals surface area (Å²) in [4.78, 5) is 24.6. The molecule has 0 saturated carbocycles. The van der Waals surface area contributed by atoms with Crippen LogP contribution in [0.15, 0.2) is 48.5 Å². The number of para-hydroxylation sites is 1. The van der Waals surface area contributed by atoms with Gasteiger partial charge in [0.1, 0.15) is 36.8 Å². The summed E-state index contributed by atoms with van der Waals surface area (Å²) in [5.41, 5.74) is 2.24. The molecular formula is C24H27NO9. The fraction of sp³-hybridized carbons (Fsp3) is 0.417. The maximum absolute atomic E-state index is 12.4. The van der Waals surface area contributed by atoms with Crippen LogP contribution in [0.2, 0.25) is 0 Å². The highest BCUT2D eigenvalue weighted by molar-refractivity contribution is 6.04. The van der Waals surface area contributed by atoms with Gasteiger partial charge >= 0.3 is 5.97 Å². The summed E-state index contributed by atoms with van der Waals surface area (Å²) in [6.45, 7) is -0.254. The van der Waals surface area contributed by atoms with Crippen molar-refractivity contribution in [3.05, 3.63) is 59.7 Å². The van der Waals surface area contributed by atoms with Crippen molar-refractivity contribution in [2.75, 3.05) is 18.5 Å². The summed E-state index contributed by atoms with van der Waals surface area (Å²) in [6.07, 6.45) is -6.68. The molecule has 10 heteroatoms. The Kier molecular flexibility index (Phi) is 7.44. The summed E-state index contributed by atoms with van der Waals surface area (Å²) < 4.78 is 16.3. The number of benzene rings is 2. The number of carbonyl (C=O) groups excluding carboxylic acids is 2. The van der Waals surface area contributed by atoms with E-state index in [1.807, 2.05) is 0 Å². The Morgan fingerprint density at radius 2 is 1.74 bits per heavy atom. The number of hydrogen-bond acceptors (Lipinski definition) is 9. The zero-order valence-corrected chi connectivity index (χ0v) is 18.2. The van der Waals surface area contributed by atoms with E-state index in [2.05, 4.69) is 5.32 Å². The lowest BCUT2D eigenvalue weighted by Crippen LogP contribution is -2.59. The van der Waals surface area contributed by atoms with Crippen LogP contribution in [0.1, 0.15) is 23.5 Å². The largest absolute Gasteiger partial charge is 0.508 e. The zero-order valence-electron chi connectivity index (χ0n) is 18.2. The molecule has 2 aliphatic rings. The van der Waals surface area contributed by atoms with Crippen molar-refractivity contribution in [2.24, 2.45) is 0 Å². The molecule has 1 saturated heterocycles. The number of phenolic OH excluding ortho intramolecular Hbond substituents is 1. The van der Waals surface area contributed by atoms with Crippen LogP contribution < -0.4 is 5.32 Å². The molecule has 1 fully saturated rings. The van der Waals surface area contributed by atoms with Gasteiger partial charge in [0.15, 0.2) is 6.29 Å². The molecule has 34 heavy (non-hydrogen) atoms. The number of nitrogens with one attached hydrogen (secondary N) is 1. The van der Waals surface area contributed by atoms with E-state index in [1.54, 1.807) is 48.5 Å². The number of anilines is 1. The van der Waals surface area contributed by atoms with Crippen molar-refractivity contribution in [1.29, 1.82) is 0 Å². The fourth-order valence-electron chi connectivity index (χ4n) is 4.03. The average Bonchev–Trinajstić information content (AvgIpc) is 3.14. The van der Waals surface area contributed by atoms with E-state index in [0.717, 1.165) is 5.56 Å². The van der Waals surface area contributed by atoms with Crippen LogP contribution >= 0.6 is 0 Å². The number of aliphatic hydroxyl groups excluding tert-OH is 3. The first-order valence-corrected chi connectivity index (χ1v) is 11.0. The summed E-state index contributed by atoms with van der Waals surface area (Å²) in [6, 6.07) is 13.6. The van der Waals surface area contributed by atoms with Crippen molar-refractivity contribution >= 4 is 17.6 Å². The quantitative estimate of drug-likeness (QED) is 0.343. The number of ether oxygens (including phenoxy) is 3. The molecule has 0 bridgehead atoms. The highest BCUT2D eigenvalue weighted by Gasteiger charge is 2.45. The predicted molar refractivity (Wildman–Crippen MR) is 118 cm³/mol. The molecule has 0 aromatic heterocycles. The van der Waals surface area contributed by atoms with Crippen LogP contribution in [-0.2, 0) is 30.2 Å². The molecule has 0 aliphatic carbocycles. The van der Waals surface area contributed by atoms with E-state index in [4.69, 9.17) is 14.2 Å². The Bertz CT molecular complexity index is 1010. The van der Waals surface area contributed by atoms with Crippen molar-refractivity contribution in [1.82, 2.24) is 0 Å². The minimum absolute atomic E-state index is 0.137. The highest BCUT2D eigenvalue weighted by atomic mass is 16.7. The van der Waals surface area contributed by atoms with Gasteiger partial charge in [-0.1, -0.05) is 30.3 Å². The number of aromatic hydroxyl groups is 1. The number of fused-ring (bicyclic) bond motifs is 1. The average molecular weight is 473 g/mol. The van der Waals surface area contributed by atoms with E-state index < -0.39 is 49.2 Å². The van der Waals surface area contributed by atoms with Crippen molar-refractivity contribution in [2.45, 2.75) is 49.5 Å². The minimum Gasteiger partial charge on any atom is -0.508 e. The van der Waals surface area contributed by atoms with E-state index >= 15 is 0 Å². The van der Waals surface area contributed by atoms with Crippen LogP contribution in [0.4, 0.5) is 5.69 Å². The summed E-state index contributed by atoms with van der Waals surface area (Å²) in [5.74, 6) is -1.50. The van der Waals surface area contributed by atoms with E-state index in [9.17, 15) is 30.0 Å². The van der Waals surface area contributed by atoms with E-state index in [1.165, 1.54) is 0 Å². The molecule has 5 N–H and O–H groups in total. The maximum atomic E-state index is 12.4. The standard InChI is InChI=1S/C24H27NO9/c26-14-7-5-13(6-8-14)9-10-32-24-22(30)21(29)20(28)18(34-24)12-33-19(27)11-16-15-3-1-2-4-17(15)25-23(16)31/h1-8,16,18,20-22,24,26,28-30H,9-12H2,(H,25,31). The Morgan fingerprint density at radius 3 is 2.50 bits per heavy atom. The Labute approximate surface area is 195 Å². The smallest absolute Gasteiger partial charge is 0.307 e. The minimum atomic E-state index is -1.57. The maximum Gasteiger partial charge on any atom is 0.307 e. The predicted octanol–water partition coefficient (Wildman–Crippen LogP) is 0.428. The number of esters is 1. The third kappa shape index (κ3) is 5.37. The molecule has 2 heterocycles. The SMILES string of the molecule is O=C(CC1C(=O)Nc2ccccc21)OCC1OC(OCCc2ccc(O)cc2)C(O)C(O)C1O. The van der Waals surface area contributed by atoms with Gasteiger partial charge in [0.25, 0.3) is 0 Å². The van der Waals surface area contributed by atoms with Crippen LogP contribution in [0.5, 0.6) is 5.75 Å². The Balaban J connectivity index is 1.29. The summed E-state index contributed by atoms with van der Waals surface area (Å²) in [5, 5.41) is 42.7. The van der Waals surface area contributed by atoms with Gasteiger partial charge < -0.3 is 40.0 Å². The van der Waals surface area contributed by atoms with Gasteiger partial charge in [0.05, 0.1) is 18.9 Å². The van der Waals surface area contributed by atoms with Gasteiger partial charge in [-0.05, 0) is 35.7 Å². The lowest BCUT2D eigenvalue weighted by Gasteiger charge is -2.40. The number of amides is 1. The van der Waals surface area contributed by atoms with Crippen molar-refractivity contribution < 1.29 is 44.2 Å². The molecule has 4 rings (SSSR count). The van der Waals surface area contributed by atoms with Crippen molar-refractivity contribution in [3.63, 3.8) is 0 Å². The van der Waals surface area contributed by atoms with Crippen LogP contribution in [-0.4, -0.2) is 76.2 Å². The van der Waals surface area contributed by atoms with Gasteiger partial charge in [-0.25, -0.2) is 0 Å². The van der Waals surface area contributed by atoms with E-state index in [-0.39, 0.29) is 24.7 Å². The monoisotopic (exact) mass is 473 g/mol. The number of rotatable bonds is 8. The first-order valence-electron chi connectivity index (χ1n) is 11.0. The van der Waals surface area contributed by atoms with Crippen LogP contribution in [0.3, 0.4) is 0 Å². The van der Waals surface area contributed by atoms with Crippen molar-refractivity contribution in [3.8, 4) is 5.75 Å². The number of hydrogen-bond donors (Lipinski definition) is 5. The van der Waals surface area contributed by atoms with E-state index in [0.29, 0.717) is 17.7 Å². The number of carbonyl (C=O) groups is 2. The second-order valence-corrected chi connectivity index (χ2v) is 8.32. The van der Waals surface area contributed by atoms with Crippen LogP contribution in [0, 0.1) is 0 Å². The van der Waals surface area contributed by atoms with Gasteiger partial charge in [-0.3, -0.25) is 9.59 Å². The van der Waals surface area contributed by atoms with Gasteiger partial charge in [-0.2, -0.15) is 0 Å². The van der Waals surface area contributed by atoms with Gasteiger partial charge in [-0.15, -0.1) is 0 Å². The van der Waals surface area contributed by atoms with Gasteiger partial charge in [0.2, 0.25) is 5.91 Å². The third-order valence-corrected chi connectivity index (χ3v) is 5.97. The second-order valence-electron chi connectivity index (χ2n) is 8.32. The first kappa shape index (κ1) is 24.1. The molecule has 0 radical (unpaired) electrons. The zero-order chi connectivity index (χ0) is 24.2. The molecule has 6 atom stereocenters. The second kappa shape index (κ2) is 10.5. The molecule has 2 aromatic rings. The molecule has 6 unspecified atom stereocenters. The van der Waals surface area contributed by atoms with Gasteiger partial charge in [0, 0.05) is 5.69 Å². The molecule has 2 aromatic carbocycles. The molecule has 0 spiro atoms. The molecule has 1 amide bonds. The summed E-state index contributed by atoms with van der Waals surface area (Å²) in [7, 11) is 0. The molecule has 10 nitrogen and oxygen atoms in total. The number of aliphatic hydroxyl groups is 3. The Morgan fingerprint density at radius 1 is 1.00 bits per heavy atom. The molecular weight excluding hydrogens is 446 g/mol. The lowest BCUT2D eigenvalue weighted by atomic mass is 9.97. The Hall–Kier alpha value is -3.02.